The Morgan fingerprint density at radius 3 is 2.63 bits per heavy atom. The zero-order valence-electron chi connectivity index (χ0n) is 13.5. The molecule has 0 aliphatic rings. The van der Waals surface area contributed by atoms with E-state index < -0.39 is 17.6 Å². The van der Waals surface area contributed by atoms with Crippen LogP contribution < -0.4 is 10.5 Å². The summed E-state index contributed by atoms with van der Waals surface area (Å²) in [4.78, 5) is 11.4. The van der Waals surface area contributed by atoms with Crippen molar-refractivity contribution in [2.75, 3.05) is 0 Å². The summed E-state index contributed by atoms with van der Waals surface area (Å²) in [7, 11) is 0. The summed E-state index contributed by atoms with van der Waals surface area (Å²) in [6.07, 6.45) is -4.57. The summed E-state index contributed by atoms with van der Waals surface area (Å²) in [5.41, 5.74) is 4.19. The standard InChI is InChI=1S/C17H11ClF3N3O3/c18-9-5-6-11(15(22)25)13(7-9)26-8-14-23-24-16(27-14)10-3-1-2-4-12(10)17(19,20)21/h1-7H,8H2,(H2,22,25). The Morgan fingerprint density at radius 1 is 1.19 bits per heavy atom. The van der Waals surface area contributed by atoms with Gasteiger partial charge in [0.1, 0.15) is 5.75 Å². The predicted octanol–water partition coefficient (Wildman–Crippen LogP) is 4.09. The zero-order valence-corrected chi connectivity index (χ0v) is 14.2. The van der Waals surface area contributed by atoms with Crippen LogP contribution in [0.25, 0.3) is 11.5 Å². The van der Waals surface area contributed by atoms with Crippen LogP contribution >= 0.6 is 11.6 Å². The Morgan fingerprint density at radius 2 is 1.93 bits per heavy atom. The number of rotatable bonds is 5. The van der Waals surface area contributed by atoms with Gasteiger partial charge in [-0.3, -0.25) is 4.79 Å². The number of primary amides is 1. The predicted molar refractivity (Wildman–Crippen MR) is 89.0 cm³/mol. The van der Waals surface area contributed by atoms with Gasteiger partial charge in [-0.15, -0.1) is 10.2 Å². The molecule has 10 heteroatoms. The third-order valence-electron chi connectivity index (χ3n) is 3.49. The molecule has 1 aromatic heterocycles. The number of alkyl halides is 3. The maximum atomic E-state index is 13.1. The Balaban J connectivity index is 1.83. The first kappa shape index (κ1) is 18.7. The van der Waals surface area contributed by atoms with Gasteiger partial charge in [0.05, 0.1) is 16.7 Å². The van der Waals surface area contributed by atoms with E-state index in [0.717, 1.165) is 6.07 Å². The Bertz CT molecular complexity index is 989. The van der Waals surface area contributed by atoms with Gasteiger partial charge in [0.2, 0.25) is 5.89 Å². The Labute approximate surface area is 155 Å². The number of aromatic nitrogens is 2. The first-order valence-corrected chi connectivity index (χ1v) is 7.84. The lowest BCUT2D eigenvalue weighted by Crippen LogP contribution is -2.13. The minimum Gasteiger partial charge on any atom is -0.483 e. The normalized spacial score (nSPS) is 11.4. The van der Waals surface area contributed by atoms with Crippen LogP contribution in [-0.2, 0) is 12.8 Å². The molecule has 2 aromatic carbocycles. The van der Waals surface area contributed by atoms with Crippen molar-refractivity contribution in [2.24, 2.45) is 5.73 Å². The number of benzene rings is 2. The molecule has 0 bridgehead atoms. The van der Waals surface area contributed by atoms with Crippen molar-refractivity contribution in [3.8, 4) is 17.2 Å². The second kappa shape index (κ2) is 7.28. The van der Waals surface area contributed by atoms with Crippen molar-refractivity contribution >= 4 is 17.5 Å². The van der Waals surface area contributed by atoms with Gasteiger partial charge >= 0.3 is 6.18 Å². The van der Waals surface area contributed by atoms with Crippen LogP contribution in [0.4, 0.5) is 13.2 Å². The molecule has 0 radical (unpaired) electrons. The number of halogens is 4. The molecule has 1 heterocycles. The third-order valence-corrected chi connectivity index (χ3v) is 3.73. The lowest BCUT2D eigenvalue weighted by atomic mass is 10.1. The number of nitrogens with zero attached hydrogens (tertiary/aromatic N) is 2. The molecule has 0 saturated heterocycles. The molecule has 0 aliphatic carbocycles. The average molecular weight is 398 g/mol. The van der Waals surface area contributed by atoms with Crippen LogP contribution in [0.15, 0.2) is 46.9 Å². The van der Waals surface area contributed by atoms with E-state index in [1.807, 2.05) is 0 Å². The zero-order chi connectivity index (χ0) is 19.6. The van der Waals surface area contributed by atoms with Gasteiger partial charge in [0.15, 0.2) is 6.61 Å². The smallest absolute Gasteiger partial charge is 0.417 e. The van der Waals surface area contributed by atoms with Gasteiger partial charge < -0.3 is 14.9 Å². The minimum absolute atomic E-state index is 0.0848. The highest BCUT2D eigenvalue weighted by Gasteiger charge is 2.34. The number of hydrogen-bond acceptors (Lipinski definition) is 5. The molecular formula is C17H11ClF3N3O3. The topological polar surface area (TPSA) is 91.2 Å². The monoisotopic (exact) mass is 397 g/mol. The highest BCUT2D eigenvalue weighted by atomic mass is 35.5. The number of carbonyl (C=O) groups excluding carboxylic acids is 1. The van der Waals surface area contributed by atoms with E-state index in [2.05, 4.69) is 10.2 Å². The van der Waals surface area contributed by atoms with Crippen molar-refractivity contribution < 1.29 is 27.1 Å². The van der Waals surface area contributed by atoms with E-state index in [0.29, 0.717) is 5.02 Å². The van der Waals surface area contributed by atoms with E-state index in [9.17, 15) is 18.0 Å². The Kier molecular flexibility index (Phi) is 5.04. The summed E-state index contributed by atoms with van der Waals surface area (Å²) >= 11 is 5.86. The van der Waals surface area contributed by atoms with Crippen LogP contribution in [0.3, 0.4) is 0 Å². The molecule has 0 fully saturated rings. The summed E-state index contributed by atoms with van der Waals surface area (Å²) in [5.74, 6) is -1.03. The van der Waals surface area contributed by atoms with Crippen molar-refractivity contribution in [1.82, 2.24) is 10.2 Å². The number of carbonyl (C=O) groups is 1. The molecule has 0 saturated carbocycles. The summed E-state index contributed by atoms with van der Waals surface area (Å²) in [6.45, 7) is -0.290. The minimum atomic E-state index is -4.57. The summed E-state index contributed by atoms with van der Waals surface area (Å²) in [6, 6.07) is 9.06. The van der Waals surface area contributed by atoms with E-state index in [4.69, 9.17) is 26.5 Å². The second-order valence-electron chi connectivity index (χ2n) is 5.34. The Hall–Kier alpha value is -3.07. The molecule has 0 aliphatic heterocycles. The van der Waals surface area contributed by atoms with Crippen LogP contribution in [0, 0.1) is 0 Å². The van der Waals surface area contributed by atoms with Crippen LogP contribution in [0.1, 0.15) is 21.8 Å². The summed E-state index contributed by atoms with van der Waals surface area (Å²) < 4.78 is 50.0. The number of nitrogens with two attached hydrogens (primary N) is 1. The van der Waals surface area contributed by atoms with Gasteiger partial charge in [-0.1, -0.05) is 23.7 Å². The first-order chi connectivity index (χ1) is 12.8. The molecule has 0 atom stereocenters. The van der Waals surface area contributed by atoms with E-state index in [1.165, 1.54) is 36.4 Å². The molecule has 2 N–H and O–H groups in total. The van der Waals surface area contributed by atoms with E-state index in [1.54, 1.807) is 0 Å². The fourth-order valence-electron chi connectivity index (χ4n) is 2.30. The SMILES string of the molecule is NC(=O)c1ccc(Cl)cc1OCc1nnc(-c2ccccc2C(F)(F)F)o1. The largest absolute Gasteiger partial charge is 0.483 e. The van der Waals surface area contributed by atoms with Crippen LogP contribution in [0.2, 0.25) is 5.02 Å². The van der Waals surface area contributed by atoms with Gasteiger partial charge in [0.25, 0.3) is 11.8 Å². The molecule has 140 valence electrons. The lowest BCUT2D eigenvalue weighted by molar-refractivity contribution is -0.137. The van der Waals surface area contributed by atoms with Crippen molar-refractivity contribution in [3.05, 3.63) is 64.5 Å². The van der Waals surface area contributed by atoms with Crippen LogP contribution in [0.5, 0.6) is 5.75 Å². The number of hydrogen-bond donors (Lipinski definition) is 1. The first-order valence-electron chi connectivity index (χ1n) is 7.47. The number of ether oxygens (including phenoxy) is 1. The highest BCUT2D eigenvalue weighted by Crippen LogP contribution is 2.36. The second-order valence-corrected chi connectivity index (χ2v) is 5.77. The van der Waals surface area contributed by atoms with Crippen LogP contribution in [-0.4, -0.2) is 16.1 Å². The quantitative estimate of drug-likeness (QED) is 0.700. The van der Waals surface area contributed by atoms with Crippen molar-refractivity contribution in [1.29, 1.82) is 0 Å². The maximum Gasteiger partial charge on any atom is 0.417 e. The van der Waals surface area contributed by atoms with Crippen molar-refractivity contribution in [2.45, 2.75) is 12.8 Å². The molecule has 3 aromatic rings. The van der Waals surface area contributed by atoms with Gasteiger partial charge in [0, 0.05) is 5.02 Å². The molecule has 6 nitrogen and oxygen atoms in total. The van der Waals surface area contributed by atoms with E-state index >= 15 is 0 Å². The van der Waals surface area contributed by atoms with Gasteiger partial charge in [-0.05, 0) is 30.3 Å². The lowest BCUT2D eigenvalue weighted by Gasteiger charge is -2.09. The number of amides is 1. The van der Waals surface area contributed by atoms with E-state index in [-0.39, 0.29) is 35.3 Å². The van der Waals surface area contributed by atoms with Crippen molar-refractivity contribution in [3.63, 3.8) is 0 Å². The average Bonchev–Trinajstić information content (AvgIpc) is 3.08. The molecule has 0 spiro atoms. The summed E-state index contributed by atoms with van der Waals surface area (Å²) in [5, 5.41) is 7.61. The third kappa shape index (κ3) is 4.20. The fraction of sp³-hybridized carbons (Fsp3) is 0.118. The highest BCUT2D eigenvalue weighted by molar-refractivity contribution is 6.30. The van der Waals surface area contributed by atoms with Gasteiger partial charge in [-0.2, -0.15) is 13.2 Å². The maximum absolute atomic E-state index is 13.1. The molecule has 0 unspecified atom stereocenters. The van der Waals surface area contributed by atoms with Gasteiger partial charge in [-0.25, -0.2) is 0 Å². The molecule has 1 amide bonds. The molecular weight excluding hydrogens is 387 g/mol. The fourth-order valence-corrected chi connectivity index (χ4v) is 2.46. The molecule has 27 heavy (non-hydrogen) atoms. The molecule has 3 rings (SSSR count).